The second-order valence-corrected chi connectivity index (χ2v) is 4.18. The van der Waals surface area contributed by atoms with Crippen LogP contribution in [0.4, 0.5) is 0 Å². The molecule has 2 heterocycles. The lowest BCUT2D eigenvalue weighted by atomic mass is 10.0. The summed E-state index contributed by atoms with van der Waals surface area (Å²) in [7, 11) is 0. The molecule has 1 saturated heterocycles. The van der Waals surface area contributed by atoms with Gasteiger partial charge in [-0.2, -0.15) is 0 Å². The van der Waals surface area contributed by atoms with Gasteiger partial charge in [-0.05, 0) is 25.8 Å². The average molecular weight is 221 g/mol. The van der Waals surface area contributed by atoms with E-state index in [0.29, 0.717) is 12.6 Å². The smallest absolute Gasteiger partial charge is 0.0903 e. The van der Waals surface area contributed by atoms with E-state index in [1.165, 1.54) is 19.3 Å². The van der Waals surface area contributed by atoms with E-state index in [4.69, 9.17) is 4.74 Å². The maximum atomic E-state index is 5.58. The van der Waals surface area contributed by atoms with Crippen LogP contribution < -0.4 is 5.32 Å². The first-order valence-electron chi connectivity index (χ1n) is 6.01. The van der Waals surface area contributed by atoms with Crippen LogP contribution in [0.25, 0.3) is 0 Å². The normalized spacial score (nSPS) is 20.9. The molecule has 0 amide bonds. The average Bonchev–Trinajstić information content (AvgIpc) is 2.37. The van der Waals surface area contributed by atoms with Crippen molar-refractivity contribution in [1.29, 1.82) is 0 Å². The Morgan fingerprint density at radius 3 is 3.12 bits per heavy atom. The molecule has 1 aliphatic rings. The third-order valence-corrected chi connectivity index (χ3v) is 2.89. The first-order chi connectivity index (χ1) is 7.95. The van der Waals surface area contributed by atoms with Crippen LogP contribution in [0.1, 0.15) is 31.4 Å². The third-order valence-electron chi connectivity index (χ3n) is 2.89. The molecule has 4 heteroatoms. The minimum absolute atomic E-state index is 0.570. The molecule has 1 fully saturated rings. The van der Waals surface area contributed by atoms with Crippen molar-refractivity contribution < 1.29 is 4.74 Å². The van der Waals surface area contributed by atoms with Gasteiger partial charge in [0.2, 0.25) is 0 Å². The molecular weight excluding hydrogens is 202 g/mol. The molecule has 0 bridgehead atoms. The van der Waals surface area contributed by atoms with Crippen LogP contribution in [0.5, 0.6) is 0 Å². The molecule has 0 unspecified atom stereocenters. The molecule has 1 aromatic rings. The van der Waals surface area contributed by atoms with E-state index in [1.807, 2.05) is 0 Å². The Bertz CT molecular complexity index is 286. The summed E-state index contributed by atoms with van der Waals surface area (Å²) in [6.07, 6.45) is 10.2. The number of aromatic nitrogens is 2. The largest absolute Gasteiger partial charge is 0.375 e. The first-order valence-corrected chi connectivity index (χ1v) is 6.01. The fraction of sp³-hybridized carbons (Fsp3) is 0.667. The van der Waals surface area contributed by atoms with E-state index in [1.54, 1.807) is 18.6 Å². The van der Waals surface area contributed by atoms with Crippen molar-refractivity contribution in [2.45, 2.75) is 38.3 Å². The van der Waals surface area contributed by atoms with Crippen LogP contribution >= 0.6 is 0 Å². The van der Waals surface area contributed by atoms with Crippen molar-refractivity contribution >= 4 is 0 Å². The summed E-state index contributed by atoms with van der Waals surface area (Å²) in [6.45, 7) is 2.53. The number of hydrogen-bond donors (Lipinski definition) is 1. The monoisotopic (exact) mass is 221 g/mol. The van der Waals surface area contributed by atoms with Crippen molar-refractivity contribution in [1.82, 2.24) is 15.3 Å². The molecule has 4 nitrogen and oxygen atoms in total. The van der Waals surface area contributed by atoms with E-state index in [0.717, 1.165) is 25.3 Å². The predicted octanol–water partition coefficient (Wildman–Crippen LogP) is 1.53. The second-order valence-electron chi connectivity index (χ2n) is 4.18. The second kappa shape index (κ2) is 6.55. The van der Waals surface area contributed by atoms with Gasteiger partial charge in [-0.1, -0.05) is 6.42 Å². The molecule has 0 spiro atoms. The number of nitrogens with zero attached hydrogens (tertiary/aromatic N) is 2. The Morgan fingerprint density at radius 2 is 2.38 bits per heavy atom. The van der Waals surface area contributed by atoms with E-state index in [-0.39, 0.29) is 0 Å². The van der Waals surface area contributed by atoms with Crippen molar-refractivity contribution in [2.75, 3.05) is 13.2 Å². The lowest BCUT2D eigenvalue weighted by Gasteiger charge is -2.23. The summed E-state index contributed by atoms with van der Waals surface area (Å²) in [5.74, 6) is 0. The minimum atomic E-state index is 0.570. The molecule has 0 aliphatic carbocycles. The summed E-state index contributed by atoms with van der Waals surface area (Å²) >= 11 is 0. The highest BCUT2D eigenvalue weighted by atomic mass is 16.5. The summed E-state index contributed by atoms with van der Waals surface area (Å²) in [4.78, 5) is 8.16. The van der Waals surface area contributed by atoms with Gasteiger partial charge in [0, 0.05) is 25.0 Å². The highest BCUT2D eigenvalue weighted by molar-refractivity contribution is 4.91. The van der Waals surface area contributed by atoms with Gasteiger partial charge in [-0.3, -0.25) is 9.97 Å². The molecule has 1 aliphatic heterocycles. The third kappa shape index (κ3) is 3.87. The molecular formula is C12H19N3O. The Morgan fingerprint density at radius 1 is 1.38 bits per heavy atom. The predicted molar refractivity (Wildman–Crippen MR) is 61.9 cm³/mol. The highest BCUT2D eigenvalue weighted by Gasteiger charge is 2.11. The van der Waals surface area contributed by atoms with Gasteiger partial charge in [-0.25, -0.2) is 0 Å². The van der Waals surface area contributed by atoms with Gasteiger partial charge in [0.05, 0.1) is 18.5 Å². The van der Waals surface area contributed by atoms with Crippen molar-refractivity contribution in [3.63, 3.8) is 0 Å². The first kappa shape index (κ1) is 11.5. The van der Waals surface area contributed by atoms with Crippen molar-refractivity contribution in [3.8, 4) is 0 Å². The van der Waals surface area contributed by atoms with E-state index >= 15 is 0 Å². The number of hydrogen-bond acceptors (Lipinski definition) is 4. The molecule has 16 heavy (non-hydrogen) atoms. The standard InChI is InChI=1S/C12H19N3O/c1-2-5-14-11(3-1)4-8-16-10-12-9-13-6-7-15-12/h6-7,9,11,14H,1-5,8,10H2/t11-/m0/s1. The summed E-state index contributed by atoms with van der Waals surface area (Å²) in [5, 5.41) is 3.51. The lowest BCUT2D eigenvalue weighted by Crippen LogP contribution is -2.34. The number of nitrogens with one attached hydrogen (secondary N) is 1. The van der Waals surface area contributed by atoms with Gasteiger partial charge >= 0.3 is 0 Å². The number of ether oxygens (including phenoxy) is 1. The number of rotatable bonds is 5. The van der Waals surface area contributed by atoms with Crippen LogP contribution in [0, 0.1) is 0 Å². The molecule has 0 saturated carbocycles. The molecule has 2 rings (SSSR count). The fourth-order valence-corrected chi connectivity index (χ4v) is 1.98. The molecule has 0 radical (unpaired) electrons. The van der Waals surface area contributed by atoms with Crippen LogP contribution in [-0.2, 0) is 11.3 Å². The Balaban J connectivity index is 1.58. The van der Waals surface area contributed by atoms with Crippen LogP contribution in [0.15, 0.2) is 18.6 Å². The Kier molecular flexibility index (Phi) is 4.70. The number of piperidine rings is 1. The molecule has 0 aromatic carbocycles. The summed E-state index contributed by atoms with van der Waals surface area (Å²) in [5.41, 5.74) is 0.902. The van der Waals surface area contributed by atoms with E-state index in [2.05, 4.69) is 15.3 Å². The molecule has 1 N–H and O–H groups in total. The zero-order valence-corrected chi connectivity index (χ0v) is 9.56. The molecule has 1 atom stereocenters. The maximum Gasteiger partial charge on any atom is 0.0903 e. The SMILES string of the molecule is c1cnc(COCC[C@@H]2CCCCN2)cn1. The molecule has 88 valence electrons. The summed E-state index contributed by atoms with van der Waals surface area (Å²) in [6, 6.07) is 0.649. The Hall–Kier alpha value is -1.00. The minimum Gasteiger partial charge on any atom is -0.375 e. The zero-order chi connectivity index (χ0) is 11.1. The highest BCUT2D eigenvalue weighted by Crippen LogP contribution is 2.10. The quantitative estimate of drug-likeness (QED) is 0.766. The fourth-order valence-electron chi connectivity index (χ4n) is 1.98. The van der Waals surface area contributed by atoms with E-state index < -0.39 is 0 Å². The lowest BCUT2D eigenvalue weighted by molar-refractivity contribution is 0.106. The maximum absolute atomic E-state index is 5.58. The summed E-state index contributed by atoms with van der Waals surface area (Å²) < 4.78 is 5.58. The van der Waals surface area contributed by atoms with E-state index in [9.17, 15) is 0 Å². The Labute approximate surface area is 96.4 Å². The van der Waals surface area contributed by atoms with Gasteiger partial charge in [0.15, 0.2) is 0 Å². The van der Waals surface area contributed by atoms with Crippen LogP contribution in [0.2, 0.25) is 0 Å². The van der Waals surface area contributed by atoms with Crippen molar-refractivity contribution in [3.05, 3.63) is 24.3 Å². The van der Waals surface area contributed by atoms with Crippen LogP contribution in [-0.4, -0.2) is 29.2 Å². The molecule has 1 aromatic heterocycles. The zero-order valence-electron chi connectivity index (χ0n) is 9.56. The van der Waals surface area contributed by atoms with Gasteiger partial charge in [0.1, 0.15) is 0 Å². The topological polar surface area (TPSA) is 47.0 Å². The van der Waals surface area contributed by atoms with Gasteiger partial charge < -0.3 is 10.1 Å². The van der Waals surface area contributed by atoms with Crippen LogP contribution in [0.3, 0.4) is 0 Å². The van der Waals surface area contributed by atoms with Crippen molar-refractivity contribution in [2.24, 2.45) is 0 Å². The van der Waals surface area contributed by atoms with Gasteiger partial charge in [0.25, 0.3) is 0 Å². The van der Waals surface area contributed by atoms with Gasteiger partial charge in [-0.15, -0.1) is 0 Å².